The van der Waals surface area contributed by atoms with Crippen molar-refractivity contribution in [2.24, 2.45) is 11.8 Å². The molecule has 4 aromatic rings. The van der Waals surface area contributed by atoms with E-state index in [0.29, 0.717) is 54.8 Å². The summed E-state index contributed by atoms with van der Waals surface area (Å²) < 4.78 is 18.8. The van der Waals surface area contributed by atoms with Crippen LogP contribution in [0, 0.1) is 25.7 Å². The molecule has 2 aliphatic rings. The predicted octanol–water partition coefficient (Wildman–Crippen LogP) is 2.81. The van der Waals surface area contributed by atoms with Crippen LogP contribution < -0.4 is 40.7 Å². The van der Waals surface area contributed by atoms with Crippen LogP contribution in [-0.2, 0) is 27.3 Å². The first-order valence-corrected chi connectivity index (χ1v) is 16.7. The number of esters is 1. The maximum Gasteiger partial charge on any atom is 1.00 e. The van der Waals surface area contributed by atoms with E-state index < -0.39 is 11.9 Å². The summed E-state index contributed by atoms with van der Waals surface area (Å²) in [5.41, 5.74) is 5.03. The van der Waals surface area contributed by atoms with Gasteiger partial charge in [-0.05, 0) is 74.6 Å². The number of aromatic carboxylic acids is 1. The van der Waals surface area contributed by atoms with E-state index in [2.05, 4.69) is 0 Å². The van der Waals surface area contributed by atoms with Crippen molar-refractivity contribution in [3.63, 3.8) is 0 Å². The van der Waals surface area contributed by atoms with Crippen LogP contribution in [0.2, 0.25) is 0 Å². The molecule has 6 rings (SSSR count). The fraction of sp³-hybridized carbons (Fsp3) is 0.385. The van der Waals surface area contributed by atoms with Crippen molar-refractivity contribution in [1.29, 1.82) is 0 Å². The minimum atomic E-state index is -1.02. The summed E-state index contributed by atoms with van der Waals surface area (Å²) >= 11 is 0. The van der Waals surface area contributed by atoms with Gasteiger partial charge in [0.05, 0.1) is 18.2 Å². The van der Waals surface area contributed by atoms with E-state index in [9.17, 15) is 24.3 Å². The van der Waals surface area contributed by atoms with Crippen LogP contribution in [0.3, 0.4) is 0 Å². The van der Waals surface area contributed by atoms with E-state index in [-0.39, 0.29) is 51.7 Å². The Morgan fingerprint density at radius 2 is 1.08 bits per heavy atom. The second-order valence-corrected chi connectivity index (χ2v) is 12.8. The van der Waals surface area contributed by atoms with Crippen LogP contribution in [0.25, 0.3) is 22.3 Å². The van der Waals surface area contributed by atoms with Crippen molar-refractivity contribution in [3.8, 4) is 22.3 Å². The maximum atomic E-state index is 13.0. The molecule has 0 aliphatic carbocycles. The van der Waals surface area contributed by atoms with E-state index in [1.54, 1.807) is 21.4 Å². The maximum absolute atomic E-state index is 13.0. The Morgan fingerprint density at radius 1 is 0.706 bits per heavy atom. The Balaban J connectivity index is 0.000000265. The first-order chi connectivity index (χ1) is 23.6. The first kappa shape index (κ1) is 41.6. The number of methoxy groups -OCH3 is 1. The van der Waals surface area contributed by atoms with Gasteiger partial charge in [-0.1, -0.05) is 59.7 Å². The average molecular weight is 709 g/mol. The topological polar surface area (TPSA) is 156 Å². The zero-order valence-corrected chi connectivity index (χ0v) is 31.8. The number of carbonyl (C=O) groups excluding carboxylic acids is 1. The summed E-state index contributed by atoms with van der Waals surface area (Å²) in [6, 6.07) is 18.4. The molecule has 0 amide bonds. The second-order valence-electron chi connectivity index (χ2n) is 12.8. The van der Waals surface area contributed by atoms with Crippen LogP contribution in [0.5, 0.6) is 0 Å². The van der Waals surface area contributed by atoms with Crippen molar-refractivity contribution in [1.82, 2.24) is 9.13 Å². The summed E-state index contributed by atoms with van der Waals surface area (Å²) in [4.78, 5) is 49.3. The summed E-state index contributed by atoms with van der Waals surface area (Å²) in [5.74, 6) is -0.741. The van der Waals surface area contributed by atoms with Gasteiger partial charge in [-0.25, -0.2) is 9.59 Å². The smallest absolute Gasteiger partial charge is 0.870 e. The standard InChI is InChI=1S/C20H23NO4.C19H21NO4.Na.H2O/c1-14-3-5-16(6-4-14)18-11-17(20(23)24-2)13-21(19(18)22)12-15-7-9-25-10-8-15;1-13-2-4-15(5-3-13)17-10-16(19(22)23)12-20(18(17)21)11-14-6-8-24-9-7-14;;/h3-6,11,13,15H,7-10,12H2,1-2H3;2-5,10,12,14H,6-9,11H2,1H3,(H,22,23);;1H2/q;;+1;/p-1. The second kappa shape index (κ2) is 19.7. The summed E-state index contributed by atoms with van der Waals surface area (Å²) in [6.07, 6.45) is 6.70. The molecule has 266 valence electrons. The van der Waals surface area contributed by atoms with E-state index in [4.69, 9.17) is 14.2 Å². The fourth-order valence-electron chi connectivity index (χ4n) is 6.18. The molecule has 0 spiro atoms. The van der Waals surface area contributed by atoms with E-state index in [0.717, 1.165) is 61.2 Å². The van der Waals surface area contributed by atoms with Gasteiger partial charge in [0.15, 0.2) is 0 Å². The van der Waals surface area contributed by atoms with E-state index >= 15 is 0 Å². The van der Waals surface area contributed by atoms with Crippen LogP contribution in [-0.4, -0.2) is 65.2 Å². The van der Waals surface area contributed by atoms with Gasteiger partial charge in [0, 0.05) is 63.0 Å². The normalized spacial score (nSPS) is 14.6. The third-order valence-electron chi connectivity index (χ3n) is 9.16. The largest absolute Gasteiger partial charge is 1.00 e. The van der Waals surface area contributed by atoms with Gasteiger partial charge >= 0.3 is 41.5 Å². The molecule has 2 saturated heterocycles. The van der Waals surface area contributed by atoms with Crippen LogP contribution in [0.4, 0.5) is 0 Å². The number of aryl methyl sites for hydroxylation is 2. The first-order valence-electron chi connectivity index (χ1n) is 16.7. The van der Waals surface area contributed by atoms with Crippen molar-refractivity contribution in [3.05, 3.63) is 116 Å². The number of pyridine rings is 2. The van der Waals surface area contributed by atoms with Gasteiger partial charge in [-0.2, -0.15) is 0 Å². The molecule has 0 atom stereocenters. The quantitative estimate of drug-likeness (QED) is 0.215. The zero-order valence-electron chi connectivity index (χ0n) is 29.8. The van der Waals surface area contributed by atoms with Gasteiger partial charge in [0.25, 0.3) is 11.1 Å². The minimum Gasteiger partial charge on any atom is -0.870 e. The molecule has 4 heterocycles. The SMILES string of the molecule is COC(=O)c1cc(-c2ccc(C)cc2)c(=O)n(CC2CCOCC2)c1.Cc1ccc(-c2cc(C(=O)O)cn(CC3CCOCC3)c2=O)cc1.[Na+].[OH-]. The van der Waals surface area contributed by atoms with E-state index in [1.807, 2.05) is 62.4 Å². The van der Waals surface area contributed by atoms with Gasteiger partial charge in [0.2, 0.25) is 0 Å². The Bertz CT molecular complexity index is 1870. The molecular formula is C39H45N2NaO9. The predicted molar refractivity (Wildman–Crippen MR) is 189 cm³/mol. The molecule has 0 saturated carbocycles. The van der Waals surface area contributed by atoms with Crippen LogP contribution in [0.1, 0.15) is 57.5 Å². The molecule has 2 aromatic heterocycles. The average Bonchev–Trinajstić information content (AvgIpc) is 3.11. The molecule has 11 nitrogen and oxygen atoms in total. The van der Waals surface area contributed by atoms with Crippen molar-refractivity contribution < 1.29 is 63.9 Å². The molecule has 2 N–H and O–H groups in total. The number of carbonyl (C=O) groups is 2. The summed E-state index contributed by atoms with van der Waals surface area (Å²) in [7, 11) is 1.35. The number of hydrogen-bond donors (Lipinski definition) is 1. The number of rotatable bonds is 8. The fourth-order valence-corrected chi connectivity index (χ4v) is 6.18. The third kappa shape index (κ3) is 11.1. The number of nitrogens with zero attached hydrogens (tertiary/aromatic N) is 2. The van der Waals surface area contributed by atoms with Gasteiger partial charge in [0.1, 0.15) is 0 Å². The van der Waals surface area contributed by atoms with Crippen LogP contribution in [0.15, 0.2) is 82.6 Å². The van der Waals surface area contributed by atoms with Gasteiger partial charge in [-0.3, -0.25) is 9.59 Å². The Kier molecular flexibility index (Phi) is 16.0. The Morgan fingerprint density at radius 3 is 1.45 bits per heavy atom. The van der Waals surface area contributed by atoms with Crippen molar-refractivity contribution in [2.45, 2.75) is 52.6 Å². The molecule has 2 aromatic carbocycles. The van der Waals surface area contributed by atoms with Gasteiger partial charge < -0.3 is 33.9 Å². The van der Waals surface area contributed by atoms with Crippen molar-refractivity contribution >= 4 is 11.9 Å². The molecule has 0 bridgehead atoms. The van der Waals surface area contributed by atoms with Crippen LogP contribution >= 0.6 is 0 Å². The number of carboxylic acid groups (broad SMARTS) is 1. The monoisotopic (exact) mass is 708 g/mol. The molecule has 2 aliphatic heterocycles. The number of ether oxygens (including phenoxy) is 3. The number of aromatic nitrogens is 2. The molecule has 51 heavy (non-hydrogen) atoms. The zero-order chi connectivity index (χ0) is 34.9. The Labute approximate surface area is 319 Å². The molecular weight excluding hydrogens is 663 g/mol. The summed E-state index contributed by atoms with van der Waals surface area (Å²) in [6.45, 7) is 7.93. The Hall–Kier alpha value is -3.84. The number of hydrogen-bond acceptors (Lipinski definition) is 8. The molecule has 2 fully saturated rings. The van der Waals surface area contributed by atoms with Gasteiger partial charge in [-0.15, -0.1) is 0 Å². The molecule has 12 heteroatoms. The number of carboxylic acids is 1. The molecule has 0 unspecified atom stereocenters. The third-order valence-corrected chi connectivity index (χ3v) is 9.16. The van der Waals surface area contributed by atoms with Crippen molar-refractivity contribution in [2.75, 3.05) is 33.5 Å². The molecule has 0 radical (unpaired) electrons. The van der Waals surface area contributed by atoms with E-state index in [1.165, 1.54) is 19.4 Å². The summed E-state index contributed by atoms with van der Waals surface area (Å²) in [5, 5.41) is 9.39. The minimum absolute atomic E-state index is 0. The number of benzene rings is 2.